The number of hydrogen-bond acceptors (Lipinski definition) is 0. The molecule has 0 heterocycles. The van der Waals surface area contributed by atoms with Crippen LogP contribution < -0.4 is 15.9 Å². The Balaban J connectivity index is 1.87. The normalized spacial score (nSPS) is 12.3. The summed E-state index contributed by atoms with van der Waals surface area (Å²) in [5.74, 6) is 0. The van der Waals surface area contributed by atoms with Gasteiger partial charge in [-0.3, -0.25) is 0 Å². The summed E-state index contributed by atoms with van der Waals surface area (Å²) in [5, 5.41) is 9.40. The van der Waals surface area contributed by atoms with E-state index >= 15 is 0 Å². The maximum absolute atomic E-state index is 3.79. The Morgan fingerprint density at radius 1 is 0.531 bits per heavy atom. The van der Waals surface area contributed by atoms with E-state index in [4.69, 9.17) is 0 Å². The maximum atomic E-state index is 3.79. The monoisotopic (exact) mass is 498 g/mol. The predicted octanol–water partition coefficient (Wildman–Crippen LogP) is 6.67. The van der Waals surface area contributed by atoms with Crippen LogP contribution in [0.1, 0.15) is 26.3 Å². The van der Waals surface area contributed by atoms with Crippen LogP contribution in [0.3, 0.4) is 0 Å². The molecule has 0 aliphatic carbocycles. The summed E-state index contributed by atoms with van der Waals surface area (Å²) >= 11 is 3.79. The van der Waals surface area contributed by atoms with Gasteiger partial charge in [-0.2, -0.15) is 0 Å². The van der Waals surface area contributed by atoms with Crippen LogP contribution in [-0.4, -0.2) is 15.1 Å². The van der Waals surface area contributed by atoms with Gasteiger partial charge in [-0.1, -0.05) is 0 Å². The molecule has 5 aromatic rings. The molecule has 0 radical (unpaired) electrons. The topological polar surface area (TPSA) is 0 Å². The Morgan fingerprint density at radius 3 is 1.44 bits per heavy atom. The number of rotatable bonds is 3. The minimum absolute atomic E-state index is 0.135. The Kier molecular flexibility index (Phi) is 5.46. The molecule has 158 valence electrons. The molecule has 0 unspecified atom stereocenters. The van der Waals surface area contributed by atoms with Crippen molar-refractivity contribution in [3.8, 4) is 0 Å². The quantitative estimate of drug-likeness (QED) is 0.193. The van der Waals surface area contributed by atoms with Crippen molar-refractivity contribution in [3.63, 3.8) is 0 Å². The Labute approximate surface area is 198 Å². The molecule has 0 nitrogen and oxygen atoms in total. The zero-order chi connectivity index (χ0) is 22.3. The molecule has 0 fully saturated rings. The molecule has 0 aromatic heterocycles. The Hall–Kier alpha value is -2.43. The molecule has 0 aliphatic heterocycles. The van der Waals surface area contributed by atoms with Gasteiger partial charge in [-0.15, -0.1) is 0 Å². The molecule has 0 N–H and O–H groups in total. The Bertz CT molecular complexity index is 1380. The summed E-state index contributed by atoms with van der Waals surface area (Å²) in [6.45, 7) is 6.83. The first-order chi connectivity index (χ1) is 15.4. The molecule has 0 saturated heterocycles. The fourth-order valence-electron chi connectivity index (χ4n) is 4.55. The zero-order valence-corrected chi connectivity index (χ0v) is 21.4. The van der Waals surface area contributed by atoms with Crippen molar-refractivity contribution >= 4 is 58.1 Å². The second-order valence-corrected chi connectivity index (χ2v) is 15.5. The third kappa shape index (κ3) is 3.60. The van der Waals surface area contributed by atoms with Crippen LogP contribution in [0, 0.1) is 0 Å². The van der Waals surface area contributed by atoms with E-state index in [2.05, 4.69) is 145 Å². The van der Waals surface area contributed by atoms with Gasteiger partial charge in [-0.05, 0) is 0 Å². The van der Waals surface area contributed by atoms with Gasteiger partial charge in [0.05, 0.1) is 0 Å². The molecule has 0 aliphatic rings. The first kappa shape index (κ1) is 21.4. The van der Waals surface area contributed by atoms with Gasteiger partial charge in [0.15, 0.2) is 0 Å². The molecule has 0 amide bonds. The van der Waals surface area contributed by atoms with E-state index in [9.17, 15) is 0 Å². The molecule has 32 heavy (non-hydrogen) atoms. The first-order valence-corrected chi connectivity index (χ1v) is 15.1. The average molecular weight is 497 g/mol. The van der Waals surface area contributed by atoms with Crippen molar-refractivity contribution in [1.82, 2.24) is 0 Å². The van der Waals surface area contributed by atoms with Crippen molar-refractivity contribution in [2.45, 2.75) is 26.2 Å². The molecule has 5 rings (SSSR count). The van der Waals surface area contributed by atoms with E-state index in [1.165, 1.54) is 43.0 Å². The zero-order valence-electron chi connectivity index (χ0n) is 18.7. The second-order valence-electron chi connectivity index (χ2n) is 9.40. The molecule has 0 atom stereocenters. The van der Waals surface area contributed by atoms with Crippen LogP contribution in [0.15, 0.2) is 109 Å². The number of hydrogen-bond donors (Lipinski definition) is 0. The fourth-order valence-corrected chi connectivity index (χ4v) is 10.4. The van der Waals surface area contributed by atoms with Crippen molar-refractivity contribution in [3.05, 3.63) is 115 Å². The summed E-state index contributed by atoms with van der Waals surface area (Å²) in [6, 6.07) is 40.4. The van der Waals surface area contributed by atoms with E-state index < -0.39 is 5.51 Å². The van der Waals surface area contributed by atoms with Gasteiger partial charge in [0.2, 0.25) is 0 Å². The third-order valence-electron chi connectivity index (χ3n) is 6.31. The van der Waals surface area contributed by atoms with Gasteiger partial charge in [0.25, 0.3) is 0 Å². The SMILES string of the molecule is CC(C)(C)c1ccc(P(=[Se])(c2cccc3ccccc23)c2cccc3ccccc23)cc1. The van der Waals surface area contributed by atoms with E-state index in [1.807, 2.05) is 0 Å². The number of fused-ring (bicyclic) bond motifs is 2. The number of benzene rings is 5. The molecular weight excluding hydrogens is 470 g/mol. The van der Waals surface area contributed by atoms with E-state index in [0.29, 0.717) is 0 Å². The molecule has 0 bridgehead atoms. The van der Waals surface area contributed by atoms with Gasteiger partial charge in [0, 0.05) is 0 Å². The van der Waals surface area contributed by atoms with Crippen LogP contribution in [0.4, 0.5) is 0 Å². The summed E-state index contributed by atoms with van der Waals surface area (Å²) < 4.78 is 0. The second kappa shape index (κ2) is 8.17. The van der Waals surface area contributed by atoms with Gasteiger partial charge in [-0.25, -0.2) is 0 Å². The fraction of sp³-hybridized carbons (Fsp3) is 0.133. The third-order valence-corrected chi connectivity index (χ3v) is 13.3. The summed E-state index contributed by atoms with van der Waals surface area (Å²) in [6.07, 6.45) is 0. The van der Waals surface area contributed by atoms with Gasteiger partial charge >= 0.3 is 199 Å². The first-order valence-electron chi connectivity index (χ1n) is 11.1. The molecular formula is C30H27PSe. The van der Waals surface area contributed by atoms with Crippen LogP contribution in [0.25, 0.3) is 21.5 Å². The molecule has 2 heteroatoms. The van der Waals surface area contributed by atoms with E-state index in [1.54, 1.807) is 0 Å². The molecule has 0 saturated carbocycles. The van der Waals surface area contributed by atoms with Crippen molar-refractivity contribution < 1.29 is 0 Å². The summed E-state index contributed by atoms with van der Waals surface area (Å²) in [4.78, 5) is 0. The Morgan fingerprint density at radius 2 is 0.969 bits per heavy atom. The van der Waals surface area contributed by atoms with Crippen molar-refractivity contribution in [2.75, 3.05) is 0 Å². The van der Waals surface area contributed by atoms with Crippen LogP contribution in [0.5, 0.6) is 0 Å². The van der Waals surface area contributed by atoms with Crippen molar-refractivity contribution in [1.29, 1.82) is 0 Å². The standard InChI is InChI=1S/C30H27PSe/c1-30(2,3)24-18-20-25(21-19-24)31(32,28-16-8-12-22-10-4-6-14-26(22)28)29-17-9-13-23-11-5-7-15-27(23)29/h4-21H,1-3H3. The van der Waals surface area contributed by atoms with E-state index in [0.717, 1.165) is 0 Å². The van der Waals surface area contributed by atoms with Crippen LogP contribution in [-0.2, 0) is 5.41 Å². The molecule has 0 spiro atoms. The van der Waals surface area contributed by atoms with Crippen LogP contribution >= 0.6 is 5.51 Å². The van der Waals surface area contributed by atoms with Crippen LogP contribution in [0.2, 0.25) is 0 Å². The minimum atomic E-state index is -2.01. The summed E-state index contributed by atoms with van der Waals surface area (Å²) in [5.41, 5.74) is -0.515. The van der Waals surface area contributed by atoms with Gasteiger partial charge in [0.1, 0.15) is 0 Å². The average Bonchev–Trinajstić information content (AvgIpc) is 2.82. The van der Waals surface area contributed by atoms with Gasteiger partial charge < -0.3 is 0 Å². The summed E-state index contributed by atoms with van der Waals surface area (Å²) in [7, 11) is 0. The molecule has 5 aromatic carbocycles. The van der Waals surface area contributed by atoms with E-state index in [-0.39, 0.29) is 5.41 Å². The predicted molar refractivity (Wildman–Crippen MR) is 145 cm³/mol. The van der Waals surface area contributed by atoms with Crippen molar-refractivity contribution in [2.24, 2.45) is 0 Å².